The van der Waals surface area contributed by atoms with Crippen molar-refractivity contribution in [1.82, 2.24) is 4.98 Å². The van der Waals surface area contributed by atoms with E-state index in [-0.39, 0.29) is 28.2 Å². The van der Waals surface area contributed by atoms with Crippen molar-refractivity contribution in [3.8, 4) is 0 Å². The second kappa shape index (κ2) is 6.26. The van der Waals surface area contributed by atoms with E-state index in [1.807, 2.05) is 0 Å². The number of halogens is 4. The van der Waals surface area contributed by atoms with Crippen LogP contribution in [0, 0.1) is 0 Å². The molecule has 3 nitrogen and oxygen atoms in total. The van der Waals surface area contributed by atoms with E-state index in [2.05, 4.69) is 20.9 Å². The van der Waals surface area contributed by atoms with Crippen molar-refractivity contribution in [2.75, 3.05) is 6.61 Å². The van der Waals surface area contributed by atoms with Crippen LogP contribution in [0.2, 0.25) is 5.15 Å². The number of esters is 1. The third-order valence-corrected chi connectivity index (χ3v) is 2.89. The zero-order valence-corrected chi connectivity index (χ0v) is 11.2. The van der Waals surface area contributed by atoms with Gasteiger partial charge in [0.1, 0.15) is 5.15 Å². The van der Waals surface area contributed by atoms with Crippen molar-refractivity contribution in [2.45, 2.75) is 18.7 Å². The third-order valence-electron chi connectivity index (χ3n) is 2.03. The molecule has 94 valence electrons. The molecule has 0 bridgehead atoms. The fourth-order valence-electron chi connectivity index (χ4n) is 1.29. The summed E-state index contributed by atoms with van der Waals surface area (Å²) in [6.45, 7) is 1.79. The molecule has 0 amide bonds. The fraction of sp³-hybridized carbons (Fsp3) is 0.400. The monoisotopic (exact) mass is 327 g/mol. The van der Waals surface area contributed by atoms with Crippen LogP contribution < -0.4 is 0 Å². The number of carbonyl (C=O) groups is 1. The highest BCUT2D eigenvalue weighted by Crippen LogP contribution is 2.32. The first kappa shape index (κ1) is 14.3. The smallest absolute Gasteiger partial charge is 0.340 e. The van der Waals surface area contributed by atoms with E-state index in [1.54, 1.807) is 6.92 Å². The Morgan fingerprint density at radius 2 is 2.29 bits per heavy atom. The molecule has 17 heavy (non-hydrogen) atoms. The summed E-state index contributed by atoms with van der Waals surface area (Å²) in [5.74, 6) is -0.687. The molecule has 0 aliphatic carbocycles. The van der Waals surface area contributed by atoms with Gasteiger partial charge in [-0.25, -0.2) is 18.6 Å². The Bertz CT molecular complexity index is 429. The van der Waals surface area contributed by atoms with Crippen LogP contribution in [-0.2, 0) is 10.1 Å². The molecule has 0 fully saturated rings. The normalized spacial score (nSPS) is 10.7. The number of rotatable bonds is 4. The number of hydrogen-bond donors (Lipinski definition) is 0. The standard InChI is InChI=1S/C10H9BrClF2NO2/c1-2-17-10(16)6-4-15-8(12)7(9(13)14)5(6)3-11/h4,9H,2-3H2,1H3. The molecular formula is C10H9BrClF2NO2. The topological polar surface area (TPSA) is 39.2 Å². The number of hydrogen-bond acceptors (Lipinski definition) is 3. The van der Waals surface area contributed by atoms with Gasteiger partial charge in [0.2, 0.25) is 0 Å². The first-order valence-electron chi connectivity index (χ1n) is 4.71. The minimum absolute atomic E-state index is 0.00317. The Morgan fingerprint density at radius 1 is 1.65 bits per heavy atom. The maximum atomic E-state index is 12.8. The van der Waals surface area contributed by atoms with Gasteiger partial charge in [-0.3, -0.25) is 0 Å². The van der Waals surface area contributed by atoms with Crippen molar-refractivity contribution in [2.24, 2.45) is 0 Å². The Morgan fingerprint density at radius 3 is 2.76 bits per heavy atom. The second-order valence-corrected chi connectivity index (χ2v) is 3.93. The number of alkyl halides is 3. The first-order chi connectivity index (χ1) is 8.02. The van der Waals surface area contributed by atoms with Gasteiger partial charge in [-0.2, -0.15) is 0 Å². The summed E-state index contributed by atoms with van der Waals surface area (Å²) in [5.41, 5.74) is -0.323. The van der Waals surface area contributed by atoms with Crippen molar-refractivity contribution in [1.29, 1.82) is 0 Å². The van der Waals surface area contributed by atoms with Gasteiger partial charge >= 0.3 is 5.97 Å². The van der Waals surface area contributed by atoms with E-state index in [1.165, 1.54) is 0 Å². The van der Waals surface area contributed by atoms with Crippen LogP contribution in [0.4, 0.5) is 8.78 Å². The summed E-state index contributed by atoms with van der Waals surface area (Å²) in [5, 5.41) is -0.231. The SMILES string of the molecule is CCOC(=O)c1cnc(Cl)c(C(F)F)c1CBr. The maximum absolute atomic E-state index is 12.8. The molecule has 0 atom stereocenters. The molecule has 1 rings (SSSR count). The quantitative estimate of drug-likeness (QED) is 0.480. The van der Waals surface area contributed by atoms with Crippen molar-refractivity contribution < 1.29 is 18.3 Å². The summed E-state index contributed by atoms with van der Waals surface area (Å²) >= 11 is 8.65. The Balaban J connectivity index is 3.32. The molecule has 0 aliphatic rings. The van der Waals surface area contributed by atoms with E-state index in [0.717, 1.165) is 6.20 Å². The molecule has 0 aromatic carbocycles. The molecule has 1 aromatic heterocycles. The van der Waals surface area contributed by atoms with E-state index in [9.17, 15) is 13.6 Å². The highest BCUT2D eigenvalue weighted by molar-refractivity contribution is 9.08. The summed E-state index contributed by atoms with van der Waals surface area (Å²) in [6, 6.07) is 0. The van der Waals surface area contributed by atoms with Crippen molar-refractivity contribution in [3.63, 3.8) is 0 Å². The van der Waals surface area contributed by atoms with Crippen molar-refractivity contribution in [3.05, 3.63) is 28.0 Å². The Labute approximate surface area is 110 Å². The molecule has 0 aliphatic heterocycles. The predicted molar refractivity (Wildman–Crippen MR) is 62.8 cm³/mol. The number of aromatic nitrogens is 1. The highest BCUT2D eigenvalue weighted by Gasteiger charge is 2.24. The van der Waals surface area contributed by atoms with E-state index >= 15 is 0 Å². The average Bonchev–Trinajstić information content (AvgIpc) is 2.27. The fourth-order valence-corrected chi connectivity index (χ4v) is 2.14. The number of ether oxygens (including phenoxy) is 1. The lowest BCUT2D eigenvalue weighted by molar-refractivity contribution is 0.0524. The predicted octanol–water partition coefficient (Wildman–Crippen LogP) is 3.74. The van der Waals surface area contributed by atoms with Crippen LogP contribution in [0.3, 0.4) is 0 Å². The molecule has 0 N–H and O–H groups in total. The lowest BCUT2D eigenvalue weighted by Crippen LogP contribution is -2.11. The van der Waals surface area contributed by atoms with Gasteiger partial charge in [-0.05, 0) is 12.5 Å². The minimum atomic E-state index is -2.79. The summed E-state index contributed by atoms with van der Waals surface area (Å²) in [7, 11) is 0. The highest BCUT2D eigenvalue weighted by atomic mass is 79.9. The summed E-state index contributed by atoms with van der Waals surface area (Å²) < 4.78 is 30.4. The second-order valence-electron chi connectivity index (χ2n) is 3.01. The van der Waals surface area contributed by atoms with Gasteiger partial charge in [0.15, 0.2) is 0 Å². The average molecular weight is 329 g/mol. The van der Waals surface area contributed by atoms with Crippen LogP contribution in [0.25, 0.3) is 0 Å². The largest absolute Gasteiger partial charge is 0.462 e. The van der Waals surface area contributed by atoms with Crippen LogP contribution in [0.15, 0.2) is 6.20 Å². The van der Waals surface area contributed by atoms with E-state index in [4.69, 9.17) is 16.3 Å². The van der Waals surface area contributed by atoms with Crippen LogP contribution in [0.5, 0.6) is 0 Å². The maximum Gasteiger partial charge on any atom is 0.340 e. The lowest BCUT2D eigenvalue weighted by Gasteiger charge is -2.12. The van der Waals surface area contributed by atoms with Crippen LogP contribution in [0.1, 0.15) is 34.8 Å². The summed E-state index contributed by atoms with van der Waals surface area (Å²) in [4.78, 5) is 15.1. The zero-order valence-electron chi connectivity index (χ0n) is 8.84. The van der Waals surface area contributed by atoms with Crippen molar-refractivity contribution >= 4 is 33.5 Å². The number of carbonyl (C=O) groups excluding carboxylic acids is 1. The molecule has 0 saturated carbocycles. The molecule has 0 unspecified atom stereocenters. The van der Waals surface area contributed by atoms with Gasteiger partial charge in [0.25, 0.3) is 6.43 Å². The number of nitrogens with zero attached hydrogens (tertiary/aromatic N) is 1. The Hall–Kier alpha value is -0.750. The Kier molecular flexibility index (Phi) is 5.27. The minimum Gasteiger partial charge on any atom is -0.462 e. The van der Waals surface area contributed by atoms with Gasteiger partial charge in [0, 0.05) is 11.5 Å². The summed E-state index contributed by atoms with van der Waals surface area (Å²) in [6.07, 6.45) is -1.65. The third kappa shape index (κ3) is 3.13. The molecule has 0 spiro atoms. The van der Waals surface area contributed by atoms with E-state index < -0.39 is 18.0 Å². The molecule has 7 heteroatoms. The molecule has 1 heterocycles. The molecule has 0 radical (unpaired) electrons. The van der Waals surface area contributed by atoms with Gasteiger partial charge in [-0.1, -0.05) is 27.5 Å². The van der Waals surface area contributed by atoms with Gasteiger partial charge < -0.3 is 4.74 Å². The number of pyridine rings is 1. The van der Waals surface area contributed by atoms with Gasteiger partial charge in [-0.15, -0.1) is 0 Å². The molecule has 1 aromatic rings. The lowest BCUT2D eigenvalue weighted by atomic mass is 10.1. The molecule has 0 saturated heterocycles. The van der Waals surface area contributed by atoms with Crippen LogP contribution >= 0.6 is 27.5 Å². The first-order valence-corrected chi connectivity index (χ1v) is 6.21. The molecular weight excluding hydrogens is 319 g/mol. The zero-order chi connectivity index (χ0) is 13.0. The van der Waals surface area contributed by atoms with Gasteiger partial charge in [0.05, 0.1) is 17.7 Å². The van der Waals surface area contributed by atoms with Crippen LogP contribution in [-0.4, -0.2) is 17.6 Å². The van der Waals surface area contributed by atoms with E-state index in [0.29, 0.717) is 0 Å².